The molecule has 1 fully saturated rings. The predicted octanol–water partition coefficient (Wildman–Crippen LogP) is 0.0278. The van der Waals surface area contributed by atoms with Crippen LogP contribution in [-0.4, -0.2) is 53.3 Å². The normalized spacial score (nSPS) is 19.9. The molecular formula is C10H19NO5S. The highest BCUT2D eigenvalue weighted by molar-refractivity contribution is 7.89. The van der Waals surface area contributed by atoms with E-state index in [9.17, 15) is 18.3 Å². The van der Waals surface area contributed by atoms with Crippen LogP contribution in [0.1, 0.15) is 32.6 Å². The molecule has 1 aliphatic rings. The average Bonchev–Trinajstić information content (AvgIpc) is 2.13. The third kappa shape index (κ3) is 3.93. The van der Waals surface area contributed by atoms with E-state index in [2.05, 4.69) is 0 Å². The van der Waals surface area contributed by atoms with E-state index in [0.717, 1.165) is 6.42 Å². The van der Waals surface area contributed by atoms with Crippen LogP contribution < -0.4 is 0 Å². The molecule has 2 N–H and O–H groups in total. The molecule has 0 aromatic carbocycles. The Kier molecular flexibility index (Phi) is 4.51. The Labute approximate surface area is 101 Å². The summed E-state index contributed by atoms with van der Waals surface area (Å²) in [5, 5.41) is 18.3. The van der Waals surface area contributed by atoms with E-state index in [1.807, 2.05) is 6.92 Å². The molecule has 0 aromatic heterocycles. The number of rotatable bonds is 7. The molecule has 1 saturated heterocycles. The van der Waals surface area contributed by atoms with Crippen molar-refractivity contribution in [3.63, 3.8) is 0 Å². The van der Waals surface area contributed by atoms with E-state index < -0.39 is 21.6 Å². The molecule has 0 atom stereocenters. The molecule has 1 aliphatic heterocycles. The molecule has 0 aliphatic carbocycles. The van der Waals surface area contributed by atoms with Crippen LogP contribution in [0.3, 0.4) is 0 Å². The van der Waals surface area contributed by atoms with Crippen LogP contribution in [0.5, 0.6) is 0 Å². The monoisotopic (exact) mass is 265 g/mol. The average molecular weight is 265 g/mol. The quantitative estimate of drug-likeness (QED) is 0.677. The van der Waals surface area contributed by atoms with Crippen LogP contribution in [-0.2, 0) is 14.8 Å². The first-order valence-corrected chi connectivity index (χ1v) is 7.32. The van der Waals surface area contributed by atoms with Gasteiger partial charge in [-0.05, 0) is 12.8 Å². The van der Waals surface area contributed by atoms with Crippen LogP contribution in [0.4, 0.5) is 0 Å². The Bertz CT molecular complexity index is 372. The minimum Gasteiger partial charge on any atom is -0.481 e. The van der Waals surface area contributed by atoms with Crippen LogP contribution in [0.15, 0.2) is 0 Å². The van der Waals surface area contributed by atoms with E-state index >= 15 is 0 Å². The van der Waals surface area contributed by atoms with Gasteiger partial charge in [0.05, 0.1) is 11.4 Å². The molecule has 0 spiro atoms. The molecule has 17 heavy (non-hydrogen) atoms. The first kappa shape index (κ1) is 14.4. The lowest BCUT2D eigenvalue weighted by Crippen LogP contribution is -2.63. The van der Waals surface area contributed by atoms with Gasteiger partial charge in [-0.3, -0.25) is 4.79 Å². The second-order valence-corrected chi connectivity index (χ2v) is 6.64. The number of sulfonamides is 1. The van der Waals surface area contributed by atoms with Gasteiger partial charge >= 0.3 is 5.97 Å². The lowest BCUT2D eigenvalue weighted by atomic mass is 9.92. The molecule has 0 unspecified atom stereocenters. The molecular weight excluding hydrogens is 246 g/mol. The minimum atomic E-state index is -3.40. The molecule has 7 heteroatoms. The molecule has 1 heterocycles. The van der Waals surface area contributed by atoms with Gasteiger partial charge in [-0.15, -0.1) is 0 Å². The van der Waals surface area contributed by atoms with E-state index in [1.54, 1.807) is 0 Å². The molecule has 0 amide bonds. The maximum absolute atomic E-state index is 11.7. The van der Waals surface area contributed by atoms with E-state index in [1.165, 1.54) is 4.31 Å². The van der Waals surface area contributed by atoms with Gasteiger partial charge in [-0.25, -0.2) is 8.42 Å². The first-order valence-electron chi connectivity index (χ1n) is 5.71. The van der Waals surface area contributed by atoms with Crippen molar-refractivity contribution in [1.82, 2.24) is 4.31 Å². The summed E-state index contributed by atoms with van der Waals surface area (Å²) in [6.45, 7) is 2.20. The molecule has 0 bridgehead atoms. The summed E-state index contributed by atoms with van der Waals surface area (Å²) >= 11 is 0. The Morgan fingerprint density at radius 1 is 1.41 bits per heavy atom. The van der Waals surface area contributed by atoms with Crippen molar-refractivity contribution in [2.45, 2.75) is 38.2 Å². The molecule has 6 nitrogen and oxygen atoms in total. The minimum absolute atomic E-state index is 0.111. The van der Waals surface area contributed by atoms with Crippen molar-refractivity contribution in [3.8, 4) is 0 Å². The van der Waals surface area contributed by atoms with Gasteiger partial charge in [0.25, 0.3) is 0 Å². The van der Waals surface area contributed by atoms with Gasteiger partial charge in [0, 0.05) is 19.5 Å². The number of carboxylic acids is 1. The maximum atomic E-state index is 11.7. The van der Waals surface area contributed by atoms with Gasteiger partial charge in [0.2, 0.25) is 10.0 Å². The van der Waals surface area contributed by atoms with E-state index in [4.69, 9.17) is 5.11 Å². The first-order chi connectivity index (χ1) is 7.79. The van der Waals surface area contributed by atoms with Crippen molar-refractivity contribution >= 4 is 16.0 Å². The molecule has 0 saturated carbocycles. The van der Waals surface area contributed by atoms with Gasteiger partial charge < -0.3 is 10.2 Å². The predicted molar refractivity (Wildman–Crippen MR) is 62.1 cm³/mol. The Balaban J connectivity index is 2.39. The lowest BCUT2D eigenvalue weighted by Gasteiger charge is -2.45. The maximum Gasteiger partial charge on any atom is 0.303 e. The summed E-state index contributed by atoms with van der Waals surface area (Å²) in [6, 6.07) is 0. The van der Waals surface area contributed by atoms with Crippen molar-refractivity contribution in [1.29, 1.82) is 0 Å². The van der Waals surface area contributed by atoms with E-state index in [-0.39, 0.29) is 31.7 Å². The largest absolute Gasteiger partial charge is 0.481 e. The van der Waals surface area contributed by atoms with Crippen LogP contribution in [0.25, 0.3) is 0 Å². The number of carbonyl (C=O) groups is 1. The fraction of sp³-hybridized carbons (Fsp3) is 0.900. The van der Waals surface area contributed by atoms with Crippen molar-refractivity contribution in [2.24, 2.45) is 0 Å². The molecule has 0 aromatic rings. The Morgan fingerprint density at radius 3 is 2.47 bits per heavy atom. The fourth-order valence-corrected chi connectivity index (χ4v) is 3.61. The summed E-state index contributed by atoms with van der Waals surface area (Å²) in [5.41, 5.74) is -0.880. The smallest absolute Gasteiger partial charge is 0.303 e. The Morgan fingerprint density at radius 2 is 2.00 bits per heavy atom. The third-order valence-corrected chi connectivity index (χ3v) is 4.69. The number of carboxylic acid groups (broad SMARTS) is 1. The fourth-order valence-electron chi connectivity index (χ4n) is 1.97. The van der Waals surface area contributed by atoms with Crippen molar-refractivity contribution in [3.05, 3.63) is 0 Å². The highest BCUT2D eigenvalue weighted by Gasteiger charge is 2.45. The third-order valence-electron chi connectivity index (χ3n) is 2.84. The van der Waals surface area contributed by atoms with Crippen molar-refractivity contribution < 1.29 is 23.4 Å². The summed E-state index contributed by atoms with van der Waals surface area (Å²) < 4.78 is 24.6. The van der Waals surface area contributed by atoms with Gasteiger partial charge in [0.15, 0.2) is 0 Å². The topological polar surface area (TPSA) is 94.9 Å². The summed E-state index contributed by atoms with van der Waals surface area (Å²) in [5.74, 6) is -1.16. The van der Waals surface area contributed by atoms with Crippen LogP contribution in [0.2, 0.25) is 0 Å². The molecule has 100 valence electrons. The zero-order chi connectivity index (χ0) is 13.1. The van der Waals surface area contributed by atoms with Gasteiger partial charge in [0.1, 0.15) is 0 Å². The molecule has 0 radical (unpaired) electrons. The van der Waals surface area contributed by atoms with Gasteiger partial charge in [-0.2, -0.15) is 4.31 Å². The second kappa shape index (κ2) is 5.32. The highest BCUT2D eigenvalue weighted by Crippen LogP contribution is 2.28. The number of hydrogen-bond acceptors (Lipinski definition) is 4. The second-order valence-electron chi connectivity index (χ2n) is 4.56. The number of hydrogen-bond donors (Lipinski definition) is 2. The number of β-amino-alcohol motifs (C(OH)–C–C–N with tert-alkyl or cyclic N) is 1. The van der Waals surface area contributed by atoms with E-state index in [0.29, 0.717) is 6.42 Å². The number of aliphatic carboxylic acids is 1. The Hall–Kier alpha value is -0.660. The number of nitrogens with zero attached hydrogens (tertiary/aromatic N) is 1. The van der Waals surface area contributed by atoms with Crippen LogP contribution >= 0.6 is 0 Å². The zero-order valence-corrected chi connectivity index (χ0v) is 10.7. The van der Waals surface area contributed by atoms with Crippen molar-refractivity contribution in [2.75, 3.05) is 18.8 Å². The van der Waals surface area contributed by atoms with Crippen LogP contribution in [0, 0.1) is 0 Å². The SMILES string of the molecule is CCCC1(O)CN(S(=O)(=O)CCCC(=O)O)C1. The van der Waals surface area contributed by atoms with Gasteiger partial charge in [-0.1, -0.05) is 13.3 Å². The number of aliphatic hydroxyl groups is 1. The molecule has 1 rings (SSSR count). The summed E-state index contributed by atoms with van der Waals surface area (Å²) in [4.78, 5) is 10.3. The lowest BCUT2D eigenvalue weighted by molar-refractivity contribution is -0.137. The zero-order valence-electron chi connectivity index (χ0n) is 9.92. The standard InChI is InChI=1S/C10H19NO5S/c1-2-5-10(14)7-11(8-10)17(15,16)6-3-4-9(12)13/h14H,2-8H2,1H3,(H,12,13). The highest BCUT2D eigenvalue weighted by atomic mass is 32.2. The summed E-state index contributed by atoms with van der Waals surface area (Å²) in [6.07, 6.45) is 1.37. The summed E-state index contributed by atoms with van der Waals surface area (Å²) in [7, 11) is -3.40.